The van der Waals surface area contributed by atoms with Gasteiger partial charge in [0, 0.05) is 16.8 Å². The van der Waals surface area contributed by atoms with Gasteiger partial charge in [-0.2, -0.15) is 3.84 Å². The second kappa shape index (κ2) is 233. The van der Waals surface area contributed by atoms with E-state index in [1.807, 2.05) is 0 Å². The Bertz CT molecular complexity index is 11.6. The van der Waals surface area contributed by atoms with Crippen molar-refractivity contribution in [3.05, 3.63) is 0 Å². The van der Waals surface area contributed by atoms with E-state index in [4.69, 9.17) is 0 Å². The van der Waals surface area contributed by atoms with Crippen LogP contribution in [0.1, 0.15) is 0 Å². The van der Waals surface area contributed by atoms with Crippen LogP contribution >= 0.6 is 23.7 Å². The molecule has 0 bridgehead atoms. The van der Waals surface area contributed by atoms with E-state index in [-0.39, 0.29) is 49.6 Å². The van der Waals surface area contributed by atoms with E-state index in [1.165, 1.54) is 0 Å². The summed E-state index contributed by atoms with van der Waals surface area (Å²) in [6, 6.07) is 0. The first kappa shape index (κ1) is 132. The van der Waals surface area contributed by atoms with Gasteiger partial charge in [-0.3, -0.25) is 0 Å². The molecule has 0 aliphatic carbocycles. The Morgan fingerprint density at radius 2 is 0.600 bits per heavy atom. The van der Waals surface area contributed by atoms with Gasteiger partial charge in [-0.25, -0.2) is 0 Å². The minimum Gasteiger partial charge on any atom is -0.412 e. The molecular formula is H12Cl2CoO7. The zero-order valence-corrected chi connectivity index (χ0v) is 7.05. The molecule has 0 aliphatic heterocycles. The largest absolute Gasteiger partial charge is 0.412 e. The topological polar surface area (TPSA) is 198 Å². The third-order valence-corrected chi connectivity index (χ3v) is 0. The zero-order chi connectivity index (χ0) is 2.71. The molecule has 0 aromatic carbocycles. The van der Waals surface area contributed by atoms with E-state index < -0.39 is 0 Å². The van der Waals surface area contributed by atoms with Crippen molar-refractivity contribution >= 4 is 23.7 Å². The van der Waals surface area contributed by atoms with Crippen LogP contribution < -0.4 is 0 Å². The first-order valence-corrected chi connectivity index (χ1v) is 0.926. The molecule has 0 rings (SSSR count). The van der Waals surface area contributed by atoms with Gasteiger partial charge < -0.3 is 32.9 Å². The molecule has 1 radical (unpaired) electrons. The SMILES string of the molecule is ClOCl.O.O.O.O.O.O.[Co]. The second-order valence-corrected chi connectivity index (χ2v) is 0.525. The Morgan fingerprint density at radius 1 is 0.600 bits per heavy atom. The van der Waals surface area contributed by atoms with Gasteiger partial charge >= 0.3 is 0 Å². The molecule has 0 aliphatic rings. The van der Waals surface area contributed by atoms with E-state index in [0.717, 1.165) is 0 Å². The first-order chi connectivity index (χ1) is 1.41. The molecule has 0 unspecified atom stereocenters. The maximum atomic E-state index is 4.26. The van der Waals surface area contributed by atoms with Crippen LogP contribution in [0.4, 0.5) is 0 Å². The molecule has 0 aromatic heterocycles. The standard InChI is InChI=1S/Cl2O.Co.6H2O/c1-3-2;;;;;;;/h;;6*1H2. The summed E-state index contributed by atoms with van der Waals surface area (Å²) in [5, 5.41) is 0. The van der Waals surface area contributed by atoms with Crippen molar-refractivity contribution in [2.75, 3.05) is 0 Å². The fourth-order valence-electron chi connectivity index (χ4n) is 0. The fourth-order valence-corrected chi connectivity index (χ4v) is 0. The van der Waals surface area contributed by atoms with Crippen LogP contribution in [0.3, 0.4) is 0 Å². The number of rotatable bonds is 0. The van der Waals surface area contributed by atoms with Crippen molar-refractivity contribution in [3.8, 4) is 0 Å². The number of hydrogen-bond donors (Lipinski definition) is 0. The van der Waals surface area contributed by atoms with Crippen molar-refractivity contribution in [1.82, 2.24) is 0 Å². The molecule has 0 saturated carbocycles. The van der Waals surface area contributed by atoms with Crippen LogP contribution in [-0.4, -0.2) is 32.9 Å². The molecule has 0 heterocycles. The first-order valence-electron chi connectivity index (χ1n) is 0.309. The Balaban J connectivity index is -0.000000000952. The van der Waals surface area contributed by atoms with Crippen LogP contribution in [0, 0.1) is 0 Å². The monoisotopic (exact) mass is 253 g/mol. The Hall–Kier alpha value is 0.806. The van der Waals surface area contributed by atoms with Crippen LogP contribution in [0.2, 0.25) is 0 Å². The third-order valence-electron chi connectivity index (χ3n) is 0. The summed E-state index contributed by atoms with van der Waals surface area (Å²) in [5.41, 5.74) is 0. The maximum absolute atomic E-state index is 4.26. The van der Waals surface area contributed by atoms with Gasteiger partial charge in [0.15, 0.2) is 0 Å². The molecule has 0 amide bonds. The molecule has 10 heavy (non-hydrogen) atoms. The van der Waals surface area contributed by atoms with E-state index in [2.05, 4.69) is 27.6 Å². The van der Waals surface area contributed by atoms with Crippen LogP contribution in [0.5, 0.6) is 0 Å². The van der Waals surface area contributed by atoms with Crippen molar-refractivity contribution in [3.63, 3.8) is 0 Å². The van der Waals surface area contributed by atoms with Crippen molar-refractivity contribution in [2.24, 2.45) is 0 Å². The second-order valence-electron chi connectivity index (χ2n) is 0.0583. The van der Waals surface area contributed by atoms with E-state index in [1.54, 1.807) is 0 Å². The normalized spacial score (nSPS) is 1.80. The van der Waals surface area contributed by atoms with Crippen LogP contribution in [0.15, 0.2) is 0 Å². The minimum atomic E-state index is 0. The van der Waals surface area contributed by atoms with E-state index in [9.17, 15) is 0 Å². The molecule has 10 heteroatoms. The smallest absolute Gasteiger partial charge is 0.0832 e. The molecule has 7 nitrogen and oxygen atoms in total. The van der Waals surface area contributed by atoms with Crippen molar-refractivity contribution < 1.29 is 53.5 Å². The summed E-state index contributed by atoms with van der Waals surface area (Å²) >= 11 is 8.53. The third kappa shape index (κ3) is 825. The van der Waals surface area contributed by atoms with E-state index in [0.29, 0.717) is 0 Å². The molecule has 0 saturated heterocycles. The number of halogens is 2. The van der Waals surface area contributed by atoms with Gasteiger partial charge in [-0.15, -0.1) is 0 Å². The number of hydrogen-bond acceptors (Lipinski definition) is 1. The predicted octanol–water partition coefficient (Wildman–Crippen LogP) is -3.64. The minimum absolute atomic E-state index is 0. The van der Waals surface area contributed by atoms with Gasteiger partial charge in [0.1, 0.15) is 0 Å². The van der Waals surface area contributed by atoms with Crippen LogP contribution in [-0.2, 0) is 20.6 Å². The summed E-state index contributed by atoms with van der Waals surface area (Å²) < 4.78 is 3.19. The summed E-state index contributed by atoms with van der Waals surface area (Å²) in [6.45, 7) is 0. The summed E-state index contributed by atoms with van der Waals surface area (Å²) in [6.07, 6.45) is 0. The van der Waals surface area contributed by atoms with Crippen molar-refractivity contribution in [2.45, 2.75) is 0 Å². The van der Waals surface area contributed by atoms with Gasteiger partial charge in [0.05, 0.1) is 23.7 Å². The molecule has 0 atom stereocenters. The molecule has 0 spiro atoms. The molecule has 0 aromatic rings. The van der Waals surface area contributed by atoms with Crippen LogP contribution in [0.25, 0.3) is 0 Å². The molecule has 12 N–H and O–H groups in total. The summed E-state index contributed by atoms with van der Waals surface area (Å²) in [7, 11) is 0. The molecular weight excluding hydrogens is 242 g/mol. The quantitative estimate of drug-likeness (QED) is 0.422. The Labute approximate surface area is 77.6 Å². The Kier molecular flexibility index (Phi) is 3070. The molecule has 77 valence electrons. The van der Waals surface area contributed by atoms with Gasteiger partial charge in [-0.1, -0.05) is 0 Å². The zero-order valence-electron chi connectivity index (χ0n) is 4.50. The average Bonchev–Trinajstić information content (AvgIpc) is 0.918. The average molecular weight is 254 g/mol. The van der Waals surface area contributed by atoms with Crippen molar-refractivity contribution in [1.29, 1.82) is 0 Å². The van der Waals surface area contributed by atoms with E-state index >= 15 is 0 Å². The maximum Gasteiger partial charge on any atom is 0.0832 e. The van der Waals surface area contributed by atoms with Gasteiger partial charge in [0.2, 0.25) is 0 Å². The Morgan fingerprint density at radius 3 is 0.600 bits per heavy atom. The predicted molar refractivity (Wildman–Crippen MR) is 34.5 cm³/mol. The van der Waals surface area contributed by atoms with Gasteiger partial charge in [0.25, 0.3) is 0 Å². The molecule has 0 fully saturated rings. The fraction of sp³-hybridized carbons (Fsp3) is 0. The summed E-state index contributed by atoms with van der Waals surface area (Å²) in [4.78, 5) is 0. The van der Waals surface area contributed by atoms with Gasteiger partial charge in [-0.05, 0) is 0 Å². The summed E-state index contributed by atoms with van der Waals surface area (Å²) in [5.74, 6) is 0.